The van der Waals surface area contributed by atoms with Gasteiger partial charge in [0.15, 0.2) is 0 Å². The first kappa shape index (κ1) is 24.8. The number of piperidine rings is 1. The molecule has 1 saturated heterocycles. The SMILES string of the molecule is Cc1cccc(-c2sc(C3CC3)nc2C(=O)N2CCCC[C@H]2CNC(=O)c2cc3cc(F)ccc3n2C)c1. The molecule has 0 unspecified atom stereocenters. The van der Waals surface area contributed by atoms with Crippen LogP contribution in [0.2, 0.25) is 0 Å². The number of amides is 2. The van der Waals surface area contributed by atoms with Gasteiger partial charge in [0.2, 0.25) is 0 Å². The van der Waals surface area contributed by atoms with Crippen molar-refractivity contribution in [3.8, 4) is 10.4 Å². The number of hydrogen-bond donors (Lipinski definition) is 1. The van der Waals surface area contributed by atoms with E-state index in [9.17, 15) is 14.0 Å². The van der Waals surface area contributed by atoms with Gasteiger partial charge in [0.25, 0.3) is 11.8 Å². The molecule has 1 atom stereocenters. The van der Waals surface area contributed by atoms with Crippen LogP contribution in [-0.2, 0) is 7.05 Å². The fourth-order valence-electron chi connectivity index (χ4n) is 5.42. The number of aryl methyl sites for hydroxylation is 2. The smallest absolute Gasteiger partial charge is 0.274 e. The van der Waals surface area contributed by atoms with E-state index < -0.39 is 0 Å². The van der Waals surface area contributed by atoms with Gasteiger partial charge in [-0.05, 0) is 68.9 Å². The third-order valence-electron chi connectivity index (χ3n) is 7.68. The fraction of sp³-hybridized carbons (Fsp3) is 0.367. The van der Waals surface area contributed by atoms with Gasteiger partial charge in [0.05, 0.1) is 9.88 Å². The van der Waals surface area contributed by atoms with Crippen LogP contribution in [0.4, 0.5) is 4.39 Å². The summed E-state index contributed by atoms with van der Waals surface area (Å²) in [6, 6.07) is 14.4. The Bertz CT molecular complexity index is 1540. The normalized spacial score (nSPS) is 17.7. The number of halogens is 1. The molecule has 2 aromatic carbocycles. The van der Waals surface area contributed by atoms with Crippen LogP contribution in [0.25, 0.3) is 21.3 Å². The van der Waals surface area contributed by atoms with Crippen LogP contribution in [-0.4, -0.2) is 45.4 Å². The molecule has 6 rings (SSSR count). The molecule has 0 radical (unpaired) electrons. The van der Waals surface area contributed by atoms with E-state index in [0.29, 0.717) is 35.8 Å². The first-order valence-corrected chi connectivity index (χ1v) is 14.1. The Balaban J connectivity index is 1.23. The zero-order valence-corrected chi connectivity index (χ0v) is 22.5. The molecule has 2 aliphatic rings. The van der Waals surface area contributed by atoms with E-state index in [4.69, 9.17) is 4.98 Å². The molecule has 1 aliphatic heterocycles. The van der Waals surface area contributed by atoms with Crippen LogP contribution >= 0.6 is 11.3 Å². The van der Waals surface area contributed by atoms with Gasteiger partial charge in [-0.1, -0.05) is 29.8 Å². The second-order valence-corrected chi connectivity index (χ2v) is 11.6. The molecule has 1 saturated carbocycles. The van der Waals surface area contributed by atoms with Crippen molar-refractivity contribution in [2.45, 2.75) is 51.0 Å². The molecule has 3 heterocycles. The Kier molecular flexibility index (Phi) is 6.51. The first-order valence-electron chi connectivity index (χ1n) is 13.3. The fourth-order valence-corrected chi connectivity index (χ4v) is 6.65. The number of benzene rings is 2. The lowest BCUT2D eigenvalue weighted by Gasteiger charge is -2.35. The quantitative estimate of drug-likeness (QED) is 0.330. The van der Waals surface area contributed by atoms with Gasteiger partial charge >= 0.3 is 0 Å². The van der Waals surface area contributed by atoms with E-state index in [1.807, 2.05) is 11.0 Å². The summed E-state index contributed by atoms with van der Waals surface area (Å²) >= 11 is 1.65. The molecular formula is C30H31FN4O2S. The van der Waals surface area contributed by atoms with Crippen molar-refractivity contribution in [2.24, 2.45) is 7.05 Å². The standard InChI is InChI=1S/C30H31FN4O2S/c1-18-6-5-7-20(14-18)27-26(33-29(38-27)19-9-10-19)30(37)35-13-4-3-8-23(35)17-32-28(36)25-16-21-15-22(31)11-12-24(21)34(25)2/h5-7,11-12,14-16,19,23H,3-4,8-10,13,17H2,1-2H3,(H,32,36)/t23-/m0/s1. The highest BCUT2D eigenvalue weighted by Gasteiger charge is 2.34. The Hall–Kier alpha value is -3.52. The minimum absolute atomic E-state index is 0.0521. The maximum atomic E-state index is 14.0. The number of carbonyl (C=O) groups is 2. The predicted molar refractivity (Wildman–Crippen MR) is 148 cm³/mol. The van der Waals surface area contributed by atoms with Crippen molar-refractivity contribution in [1.29, 1.82) is 0 Å². The van der Waals surface area contributed by atoms with E-state index in [0.717, 1.165) is 58.6 Å². The molecular weight excluding hydrogens is 499 g/mol. The van der Waals surface area contributed by atoms with Crippen molar-refractivity contribution >= 4 is 34.1 Å². The van der Waals surface area contributed by atoms with E-state index in [2.05, 4.69) is 30.4 Å². The topological polar surface area (TPSA) is 67.2 Å². The van der Waals surface area contributed by atoms with Gasteiger partial charge in [-0.25, -0.2) is 9.37 Å². The Morgan fingerprint density at radius 3 is 2.74 bits per heavy atom. The summed E-state index contributed by atoms with van der Waals surface area (Å²) in [6.45, 7) is 3.07. The summed E-state index contributed by atoms with van der Waals surface area (Å²) in [6.07, 6.45) is 5.03. The summed E-state index contributed by atoms with van der Waals surface area (Å²) in [4.78, 5) is 34.8. The number of carbonyl (C=O) groups excluding carboxylic acids is 2. The lowest BCUT2D eigenvalue weighted by Crippen LogP contribution is -2.49. The molecule has 2 aromatic heterocycles. The van der Waals surface area contributed by atoms with Gasteiger partial charge in [-0.2, -0.15) is 0 Å². The van der Waals surface area contributed by atoms with Crippen LogP contribution in [0, 0.1) is 12.7 Å². The molecule has 38 heavy (non-hydrogen) atoms. The van der Waals surface area contributed by atoms with Crippen LogP contribution in [0.5, 0.6) is 0 Å². The van der Waals surface area contributed by atoms with Crippen LogP contribution in [0.15, 0.2) is 48.5 Å². The number of aromatic nitrogens is 2. The summed E-state index contributed by atoms with van der Waals surface area (Å²) in [5.41, 5.74) is 3.99. The predicted octanol–water partition coefficient (Wildman–Crippen LogP) is 6.05. The Morgan fingerprint density at radius 1 is 1.11 bits per heavy atom. The Labute approximate surface area is 225 Å². The molecule has 1 aliphatic carbocycles. The molecule has 0 spiro atoms. The van der Waals surface area contributed by atoms with Crippen LogP contribution < -0.4 is 5.32 Å². The van der Waals surface area contributed by atoms with Crippen molar-refractivity contribution in [3.63, 3.8) is 0 Å². The van der Waals surface area contributed by atoms with E-state index >= 15 is 0 Å². The summed E-state index contributed by atoms with van der Waals surface area (Å²) < 4.78 is 15.5. The van der Waals surface area contributed by atoms with E-state index in [1.165, 1.54) is 12.1 Å². The second kappa shape index (κ2) is 9.98. The number of hydrogen-bond acceptors (Lipinski definition) is 4. The molecule has 0 bridgehead atoms. The average Bonchev–Trinajstić information content (AvgIpc) is 3.59. The zero-order valence-electron chi connectivity index (χ0n) is 21.7. The van der Waals surface area contributed by atoms with Gasteiger partial charge in [0, 0.05) is 43.0 Å². The average molecular weight is 531 g/mol. The number of nitrogens with zero attached hydrogens (tertiary/aromatic N) is 3. The molecule has 196 valence electrons. The number of rotatable bonds is 6. The van der Waals surface area contributed by atoms with Crippen molar-refractivity contribution in [1.82, 2.24) is 19.8 Å². The third-order valence-corrected chi connectivity index (χ3v) is 8.94. The number of thiazole rings is 1. The summed E-state index contributed by atoms with van der Waals surface area (Å²) in [5, 5.41) is 4.78. The highest BCUT2D eigenvalue weighted by atomic mass is 32.1. The molecule has 2 amide bonds. The monoisotopic (exact) mass is 530 g/mol. The summed E-state index contributed by atoms with van der Waals surface area (Å²) in [7, 11) is 1.80. The van der Waals surface area contributed by atoms with Gasteiger partial charge < -0.3 is 14.8 Å². The van der Waals surface area contributed by atoms with Crippen LogP contribution in [0.3, 0.4) is 0 Å². The van der Waals surface area contributed by atoms with E-state index in [-0.39, 0.29) is 23.7 Å². The van der Waals surface area contributed by atoms with Gasteiger partial charge in [0.1, 0.15) is 17.2 Å². The maximum Gasteiger partial charge on any atom is 0.274 e. The second-order valence-electron chi connectivity index (χ2n) is 10.5. The van der Waals surface area contributed by atoms with Crippen molar-refractivity contribution < 1.29 is 14.0 Å². The third kappa shape index (κ3) is 4.73. The number of likely N-dealkylation sites (tertiary alicyclic amines) is 1. The minimum Gasteiger partial charge on any atom is -0.349 e. The molecule has 1 N–H and O–H groups in total. The minimum atomic E-state index is -0.330. The number of fused-ring (bicyclic) bond motifs is 1. The van der Waals surface area contributed by atoms with Crippen molar-refractivity contribution in [2.75, 3.05) is 13.1 Å². The van der Waals surface area contributed by atoms with Gasteiger partial charge in [-0.3, -0.25) is 9.59 Å². The highest BCUT2D eigenvalue weighted by Crippen LogP contribution is 2.45. The Morgan fingerprint density at radius 2 is 1.95 bits per heavy atom. The lowest BCUT2D eigenvalue weighted by molar-refractivity contribution is 0.0597. The lowest BCUT2D eigenvalue weighted by atomic mass is 10.0. The van der Waals surface area contributed by atoms with Gasteiger partial charge in [-0.15, -0.1) is 11.3 Å². The molecule has 8 heteroatoms. The maximum absolute atomic E-state index is 14.0. The van der Waals surface area contributed by atoms with Crippen LogP contribution in [0.1, 0.15) is 69.6 Å². The summed E-state index contributed by atoms with van der Waals surface area (Å²) in [5.74, 6) is -0.143. The zero-order chi connectivity index (χ0) is 26.4. The first-order chi connectivity index (χ1) is 18.4. The molecule has 6 nitrogen and oxygen atoms in total. The molecule has 4 aromatic rings. The number of nitrogens with one attached hydrogen (secondary N) is 1. The largest absolute Gasteiger partial charge is 0.349 e. The molecule has 2 fully saturated rings. The highest BCUT2D eigenvalue weighted by molar-refractivity contribution is 7.15. The van der Waals surface area contributed by atoms with Crippen molar-refractivity contribution in [3.05, 3.63) is 76.3 Å². The van der Waals surface area contributed by atoms with E-state index in [1.54, 1.807) is 35.1 Å².